The molecule has 4 aromatic rings. The van der Waals surface area contributed by atoms with Crippen LogP contribution < -0.4 is 9.64 Å². The van der Waals surface area contributed by atoms with Gasteiger partial charge in [0.1, 0.15) is 23.4 Å². The Morgan fingerprint density at radius 3 is 2.74 bits per heavy atom. The van der Waals surface area contributed by atoms with Crippen LogP contribution in [0.5, 0.6) is 5.75 Å². The van der Waals surface area contributed by atoms with E-state index >= 15 is 0 Å². The Kier molecular flexibility index (Phi) is 5.41. The van der Waals surface area contributed by atoms with Crippen LogP contribution in [0, 0.1) is 12.7 Å². The van der Waals surface area contributed by atoms with Crippen molar-refractivity contribution in [2.45, 2.75) is 19.9 Å². The minimum Gasteiger partial charge on any atom is -0.503 e. The Labute approximate surface area is 197 Å². The maximum absolute atomic E-state index is 15.0. The Morgan fingerprint density at radius 2 is 2.03 bits per heavy atom. The lowest BCUT2D eigenvalue weighted by Crippen LogP contribution is -2.31. The second-order valence-corrected chi connectivity index (χ2v) is 8.67. The van der Waals surface area contributed by atoms with Gasteiger partial charge in [0.05, 0.1) is 22.4 Å². The SMILES string of the molecule is CCOc1ccc2nc(N3C(=O)C(O)=C(C(=O)c4ccc(C)o4)[C@H]3c3ccccc3F)sc2c1. The number of halogens is 1. The fraction of sp³-hybridized carbons (Fsp3) is 0.160. The molecule has 1 aliphatic rings. The van der Waals surface area contributed by atoms with Gasteiger partial charge < -0.3 is 14.3 Å². The summed E-state index contributed by atoms with van der Waals surface area (Å²) in [5, 5.41) is 11.0. The maximum atomic E-state index is 15.0. The number of ether oxygens (including phenoxy) is 1. The molecule has 1 atom stereocenters. The smallest absolute Gasteiger partial charge is 0.296 e. The van der Waals surface area contributed by atoms with Gasteiger partial charge in [-0.15, -0.1) is 0 Å². The van der Waals surface area contributed by atoms with Gasteiger partial charge in [-0.25, -0.2) is 9.37 Å². The van der Waals surface area contributed by atoms with Gasteiger partial charge in [-0.2, -0.15) is 0 Å². The molecule has 7 nitrogen and oxygen atoms in total. The number of anilines is 1. The lowest BCUT2D eigenvalue weighted by molar-refractivity contribution is -0.117. The zero-order valence-electron chi connectivity index (χ0n) is 18.2. The fourth-order valence-corrected chi connectivity index (χ4v) is 4.99. The second kappa shape index (κ2) is 8.42. The molecule has 172 valence electrons. The molecule has 1 aliphatic heterocycles. The molecule has 34 heavy (non-hydrogen) atoms. The predicted octanol–water partition coefficient (Wildman–Crippen LogP) is 5.52. The summed E-state index contributed by atoms with van der Waals surface area (Å²) < 4.78 is 26.7. The predicted molar refractivity (Wildman–Crippen MR) is 125 cm³/mol. The van der Waals surface area contributed by atoms with Crippen LogP contribution in [0.25, 0.3) is 10.2 Å². The lowest BCUT2D eigenvalue weighted by Gasteiger charge is -2.24. The van der Waals surface area contributed by atoms with Crippen LogP contribution in [0.4, 0.5) is 9.52 Å². The number of nitrogens with zero attached hydrogens (tertiary/aromatic N) is 2. The number of carbonyl (C=O) groups excluding carboxylic acids is 2. The molecule has 0 radical (unpaired) electrons. The minimum absolute atomic E-state index is 0.0549. The number of carbonyl (C=O) groups is 2. The number of furan rings is 1. The molecule has 1 N–H and O–H groups in total. The summed E-state index contributed by atoms with van der Waals surface area (Å²) in [5.41, 5.74) is 0.393. The summed E-state index contributed by atoms with van der Waals surface area (Å²) in [7, 11) is 0. The molecule has 0 bridgehead atoms. The first-order valence-corrected chi connectivity index (χ1v) is 11.4. The van der Waals surface area contributed by atoms with Crippen molar-refractivity contribution in [3.63, 3.8) is 0 Å². The number of rotatable bonds is 6. The summed E-state index contributed by atoms with van der Waals surface area (Å²) in [5.74, 6) is -1.85. The molecule has 0 spiro atoms. The van der Waals surface area contributed by atoms with Crippen molar-refractivity contribution in [3.05, 3.63) is 88.8 Å². The Bertz CT molecular complexity index is 1470. The molecule has 5 rings (SSSR count). The lowest BCUT2D eigenvalue weighted by atomic mass is 9.95. The molecule has 1 amide bonds. The van der Waals surface area contributed by atoms with Crippen LogP contribution in [0.2, 0.25) is 0 Å². The van der Waals surface area contributed by atoms with Crippen LogP contribution in [-0.2, 0) is 4.79 Å². The highest BCUT2D eigenvalue weighted by Gasteiger charge is 2.47. The Morgan fingerprint density at radius 1 is 1.24 bits per heavy atom. The molecule has 0 fully saturated rings. The number of amides is 1. The number of aromatic nitrogens is 1. The van der Waals surface area contributed by atoms with Gasteiger partial charge in [-0.3, -0.25) is 14.5 Å². The van der Waals surface area contributed by atoms with E-state index in [0.29, 0.717) is 23.6 Å². The van der Waals surface area contributed by atoms with Crippen molar-refractivity contribution in [1.29, 1.82) is 0 Å². The van der Waals surface area contributed by atoms with Crippen LogP contribution in [0.3, 0.4) is 0 Å². The molecular formula is C25H19FN2O5S. The molecule has 0 aliphatic carbocycles. The summed E-state index contributed by atoms with van der Waals surface area (Å²) in [4.78, 5) is 32.3. The standard InChI is InChI=1S/C25H19FN2O5S/c1-3-32-14-9-10-17-19(12-14)34-25(27-17)28-21(15-6-4-5-7-16(15)26)20(23(30)24(28)31)22(29)18-11-8-13(2)33-18/h4-12,21,30H,3H2,1-2H3/t21-/m1/s1. The van der Waals surface area contributed by atoms with Crippen molar-refractivity contribution in [2.75, 3.05) is 11.5 Å². The highest BCUT2D eigenvalue weighted by Crippen LogP contribution is 2.45. The molecule has 2 aromatic heterocycles. The van der Waals surface area contributed by atoms with Gasteiger partial charge in [0.15, 0.2) is 16.7 Å². The third-order valence-corrected chi connectivity index (χ3v) is 6.50. The van der Waals surface area contributed by atoms with Gasteiger partial charge in [0.2, 0.25) is 5.78 Å². The number of Topliss-reactive ketones (excluding diaryl/α,β-unsaturated/α-hetero) is 1. The number of benzene rings is 2. The molecule has 2 aromatic carbocycles. The van der Waals surface area contributed by atoms with Crippen LogP contribution >= 0.6 is 11.3 Å². The van der Waals surface area contributed by atoms with E-state index < -0.39 is 29.3 Å². The zero-order valence-corrected chi connectivity index (χ0v) is 19.1. The van der Waals surface area contributed by atoms with E-state index in [-0.39, 0.29) is 22.0 Å². The average Bonchev–Trinajstić information content (AvgIpc) is 3.50. The minimum atomic E-state index is -1.22. The topological polar surface area (TPSA) is 92.9 Å². The molecule has 0 unspecified atom stereocenters. The molecule has 0 saturated heterocycles. The first-order valence-electron chi connectivity index (χ1n) is 10.5. The highest BCUT2D eigenvalue weighted by atomic mass is 32.1. The number of thiazole rings is 1. The quantitative estimate of drug-likeness (QED) is 0.367. The largest absolute Gasteiger partial charge is 0.503 e. The number of aliphatic hydroxyl groups is 1. The number of ketones is 1. The normalized spacial score (nSPS) is 16.0. The van der Waals surface area contributed by atoms with Crippen molar-refractivity contribution in [3.8, 4) is 5.75 Å². The summed E-state index contributed by atoms with van der Waals surface area (Å²) in [6.07, 6.45) is 0. The first kappa shape index (κ1) is 21.8. The summed E-state index contributed by atoms with van der Waals surface area (Å²) >= 11 is 1.18. The van der Waals surface area contributed by atoms with Crippen LogP contribution in [0.15, 0.2) is 70.3 Å². The number of aliphatic hydroxyl groups excluding tert-OH is 1. The van der Waals surface area contributed by atoms with Crippen LogP contribution in [0.1, 0.15) is 34.8 Å². The number of fused-ring (bicyclic) bond motifs is 1. The number of hydrogen-bond donors (Lipinski definition) is 1. The molecule has 0 saturated carbocycles. The van der Waals surface area contributed by atoms with Gasteiger partial charge in [0, 0.05) is 5.56 Å². The van der Waals surface area contributed by atoms with Gasteiger partial charge in [-0.05, 0) is 50.2 Å². The number of aryl methyl sites for hydroxylation is 1. The van der Waals surface area contributed by atoms with E-state index in [2.05, 4.69) is 4.98 Å². The maximum Gasteiger partial charge on any atom is 0.296 e. The third kappa shape index (κ3) is 3.54. The second-order valence-electron chi connectivity index (χ2n) is 7.66. The summed E-state index contributed by atoms with van der Waals surface area (Å²) in [6, 6.07) is 13.0. The van der Waals surface area contributed by atoms with Gasteiger partial charge in [-0.1, -0.05) is 29.5 Å². The molecule has 3 heterocycles. The third-order valence-electron chi connectivity index (χ3n) is 5.48. The van der Waals surface area contributed by atoms with Crippen molar-refractivity contribution in [2.24, 2.45) is 0 Å². The fourth-order valence-electron chi connectivity index (χ4n) is 3.97. The van der Waals surface area contributed by atoms with E-state index in [1.165, 1.54) is 35.6 Å². The molecule has 9 heteroatoms. The van der Waals surface area contributed by atoms with E-state index in [1.807, 2.05) is 6.92 Å². The van der Waals surface area contributed by atoms with E-state index in [9.17, 15) is 19.1 Å². The van der Waals surface area contributed by atoms with Gasteiger partial charge in [0.25, 0.3) is 5.91 Å². The monoisotopic (exact) mass is 478 g/mol. The summed E-state index contributed by atoms with van der Waals surface area (Å²) in [6.45, 7) is 4.04. The van der Waals surface area contributed by atoms with Crippen molar-refractivity contribution < 1.29 is 28.2 Å². The number of hydrogen-bond acceptors (Lipinski definition) is 7. The average molecular weight is 479 g/mol. The van der Waals surface area contributed by atoms with Crippen LogP contribution in [-0.4, -0.2) is 28.4 Å². The van der Waals surface area contributed by atoms with E-state index in [0.717, 1.165) is 9.60 Å². The Hall–Kier alpha value is -3.98. The van der Waals surface area contributed by atoms with Crippen molar-refractivity contribution >= 4 is 38.4 Å². The van der Waals surface area contributed by atoms with Crippen molar-refractivity contribution in [1.82, 2.24) is 4.98 Å². The van der Waals surface area contributed by atoms with E-state index in [1.54, 1.807) is 37.3 Å². The highest BCUT2D eigenvalue weighted by molar-refractivity contribution is 7.22. The van der Waals surface area contributed by atoms with Gasteiger partial charge >= 0.3 is 0 Å². The van der Waals surface area contributed by atoms with E-state index in [4.69, 9.17) is 9.15 Å². The first-order chi connectivity index (χ1) is 16.4. The Balaban J connectivity index is 1.66. The zero-order chi connectivity index (χ0) is 24.0. The molecular weight excluding hydrogens is 459 g/mol.